The molecular weight excluding hydrogens is 314 g/mol. The zero-order chi connectivity index (χ0) is 15.8. The summed E-state index contributed by atoms with van der Waals surface area (Å²) < 4.78 is 106. The highest BCUT2D eigenvalue weighted by Gasteiger charge is 2.36. The first-order chi connectivity index (χ1) is 8.79. The van der Waals surface area contributed by atoms with Gasteiger partial charge in [0.15, 0.2) is 0 Å². The van der Waals surface area contributed by atoms with Crippen molar-refractivity contribution < 1.29 is 39.3 Å². The second-order valence-corrected chi connectivity index (χ2v) is 5.45. The van der Waals surface area contributed by atoms with Crippen molar-refractivity contribution in [3.63, 3.8) is 0 Å². The van der Waals surface area contributed by atoms with E-state index in [2.05, 4.69) is 0 Å². The largest absolute Gasteiger partial charge is 0.748 e. The highest BCUT2D eigenvalue weighted by molar-refractivity contribution is 7.85. The molecule has 0 saturated heterocycles. The van der Waals surface area contributed by atoms with Crippen molar-refractivity contribution in [2.75, 3.05) is 5.75 Å². The Balaban J connectivity index is 3.24. The molecule has 0 aliphatic carbocycles. The van der Waals surface area contributed by atoms with E-state index < -0.39 is 51.3 Å². The molecule has 0 aromatic heterocycles. The molecule has 0 unspecified atom stereocenters. The van der Waals surface area contributed by atoms with E-state index in [-0.39, 0.29) is 6.07 Å². The van der Waals surface area contributed by atoms with Crippen LogP contribution < -0.4 is 0 Å². The van der Waals surface area contributed by atoms with Gasteiger partial charge < -0.3 is 4.55 Å². The zero-order valence-electron chi connectivity index (χ0n) is 9.55. The minimum Gasteiger partial charge on any atom is -0.748 e. The van der Waals surface area contributed by atoms with Gasteiger partial charge in [-0.25, -0.2) is 8.42 Å². The van der Waals surface area contributed by atoms with Gasteiger partial charge >= 0.3 is 12.4 Å². The lowest BCUT2D eigenvalue weighted by molar-refractivity contribution is -0.143. The molecule has 20 heavy (non-hydrogen) atoms. The number of benzene rings is 1. The van der Waals surface area contributed by atoms with Crippen LogP contribution in [0.4, 0.5) is 26.3 Å². The summed E-state index contributed by atoms with van der Waals surface area (Å²) in [6.45, 7) is 0. The van der Waals surface area contributed by atoms with Gasteiger partial charge in [0.25, 0.3) is 0 Å². The smallest absolute Gasteiger partial charge is 0.416 e. The highest BCUT2D eigenvalue weighted by Crippen LogP contribution is 2.36. The molecule has 0 radical (unpaired) electrons. The van der Waals surface area contributed by atoms with Crippen LogP contribution in [0.3, 0.4) is 0 Å². The summed E-state index contributed by atoms with van der Waals surface area (Å²) in [5.41, 5.74) is -3.62. The SMILES string of the molecule is O=S(=O)([O-])CCc1cc(C(F)(F)F)cc(C(F)(F)F)c1. The van der Waals surface area contributed by atoms with Crippen molar-refractivity contribution in [3.05, 3.63) is 34.9 Å². The molecule has 0 fully saturated rings. The van der Waals surface area contributed by atoms with Crippen molar-refractivity contribution in [2.45, 2.75) is 18.8 Å². The Morgan fingerprint density at radius 2 is 1.30 bits per heavy atom. The maximum Gasteiger partial charge on any atom is 0.416 e. The molecule has 0 atom stereocenters. The number of hydrogen-bond donors (Lipinski definition) is 0. The van der Waals surface area contributed by atoms with Gasteiger partial charge in [0.2, 0.25) is 0 Å². The number of alkyl halides is 6. The first kappa shape index (κ1) is 16.8. The predicted octanol–water partition coefficient (Wildman–Crippen LogP) is 2.81. The van der Waals surface area contributed by atoms with E-state index in [9.17, 15) is 39.3 Å². The third-order valence-electron chi connectivity index (χ3n) is 2.29. The number of hydrogen-bond acceptors (Lipinski definition) is 3. The van der Waals surface area contributed by atoms with Crippen LogP contribution in [0.25, 0.3) is 0 Å². The second kappa shape index (κ2) is 5.24. The van der Waals surface area contributed by atoms with E-state index in [0.717, 1.165) is 0 Å². The third-order valence-corrected chi connectivity index (χ3v) is 2.99. The summed E-state index contributed by atoms with van der Waals surface area (Å²) in [5, 5.41) is 0. The van der Waals surface area contributed by atoms with E-state index >= 15 is 0 Å². The molecule has 1 rings (SSSR count). The Bertz CT molecular complexity index is 556. The van der Waals surface area contributed by atoms with Crippen LogP contribution in [0.5, 0.6) is 0 Å². The summed E-state index contributed by atoms with van der Waals surface area (Å²) >= 11 is 0. The summed E-state index contributed by atoms with van der Waals surface area (Å²) in [5.74, 6) is -1.08. The summed E-state index contributed by atoms with van der Waals surface area (Å²) in [7, 11) is -4.73. The molecule has 0 spiro atoms. The monoisotopic (exact) mass is 321 g/mol. The number of rotatable bonds is 3. The molecule has 114 valence electrons. The Kier molecular flexibility index (Phi) is 4.39. The average molecular weight is 321 g/mol. The Morgan fingerprint density at radius 1 is 0.900 bits per heavy atom. The molecule has 1 aromatic carbocycles. The van der Waals surface area contributed by atoms with Crippen LogP contribution in [-0.2, 0) is 28.9 Å². The van der Waals surface area contributed by atoms with Gasteiger partial charge in [0, 0.05) is 5.75 Å². The van der Waals surface area contributed by atoms with Gasteiger partial charge in [0.1, 0.15) is 0 Å². The van der Waals surface area contributed by atoms with Crippen LogP contribution >= 0.6 is 0 Å². The molecule has 0 aliphatic rings. The number of aryl methyl sites for hydroxylation is 1. The fourth-order valence-corrected chi connectivity index (χ4v) is 1.89. The highest BCUT2D eigenvalue weighted by atomic mass is 32.2. The van der Waals surface area contributed by atoms with Gasteiger partial charge in [-0.05, 0) is 30.2 Å². The molecule has 1 aromatic rings. The van der Waals surface area contributed by atoms with Gasteiger partial charge in [-0.15, -0.1) is 0 Å². The molecule has 0 bridgehead atoms. The Hall–Kier alpha value is -1.29. The van der Waals surface area contributed by atoms with Gasteiger partial charge in [-0.1, -0.05) is 0 Å². The third kappa shape index (κ3) is 5.00. The van der Waals surface area contributed by atoms with Crippen molar-refractivity contribution >= 4 is 10.1 Å². The number of halogens is 6. The van der Waals surface area contributed by atoms with E-state index in [0.29, 0.717) is 12.1 Å². The van der Waals surface area contributed by atoms with Gasteiger partial charge in [-0.2, -0.15) is 26.3 Å². The van der Waals surface area contributed by atoms with Crippen LogP contribution in [0.15, 0.2) is 18.2 Å². The average Bonchev–Trinajstić information content (AvgIpc) is 2.22. The molecule has 0 saturated carbocycles. The van der Waals surface area contributed by atoms with Crippen LogP contribution in [0.2, 0.25) is 0 Å². The fourth-order valence-electron chi connectivity index (χ4n) is 1.41. The summed E-state index contributed by atoms with van der Waals surface area (Å²) in [6, 6.07) is 0.704. The first-order valence-corrected chi connectivity index (χ1v) is 6.59. The van der Waals surface area contributed by atoms with Crippen LogP contribution in [0.1, 0.15) is 16.7 Å². The lowest BCUT2D eigenvalue weighted by Crippen LogP contribution is -2.13. The molecule has 3 nitrogen and oxygen atoms in total. The van der Waals surface area contributed by atoms with Crippen LogP contribution in [-0.4, -0.2) is 18.7 Å². The van der Waals surface area contributed by atoms with Crippen molar-refractivity contribution in [3.8, 4) is 0 Å². The zero-order valence-corrected chi connectivity index (χ0v) is 10.4. The first-order valence-electron chi connectivity index (χ1n) is 5.01. The van der Waals surface area contributed by atoms with Gasteiger partial charge in [0.05, 0.1) is 21.2 Å². The molecule has 0 aliphatic heterocycles. The molecular formula is C10H7F6O3S-. The predicted molar refractivity (Wildman–Crippen MR) is 54.7 cm³/mol. The van der Waals surface area contributed by atoms with Gasteiger partial charge in [-0.3, -0.25) is 0 Å². The minimum absolute atomic E-state index is 0.0742. The second-order valence-electron chi connectivity index (χ2n) is 3.93. The molecule has 0 heterocycles. The normalized spacial score (nSPS) is 13.6. The van der Waals surface area contributed by atoms with E-state index in [1.54, 1.807) is 0 Å². The molecule has 10 heteroatoms. The summed E-state index contributed by atoms with van der Waals surface area (Å²) in [4.78, 5) is 0. The lowest BCUT2D eigenvalue weighted by atomic mass is 10.0. The Morgan fingerprint density at radius 3 is 1.60 bits per heavy atom. The van der Waals surface area contributed by atoms with Crippen molar-refractivity contribution in [1.82, 2.24) is 0 Å². The molecule has 0 N–H and O–H groups in total. The van der Waals surface area contributed by atoms with E-state index in [4.69, 9.17) is 0 Å². The van der Waals surface area contributed by atoms with Crippen molar-refractivity contribution in [1.29, 1.82) is 0 Å². The summed E-state index contributed by atoms with van der Waals surface area (Å²) in [6.07, 6.45) is -10.7. The Labute approximate surface area is 110 Å². The van der Waals surface area contributed by atoms with E-state index in [1.165, 1.54) is 0 Å². The standard InChI is InChI=1S/C10H8F6O3S/c11-9(12,13)7-3-6(1-2-20(17,18)19)4-8(5-7)10(14,15)16/h3-5H,1-2H2,(H,17,18,19)/p-1. The van der Waals surface area contributed by atoms with Crippen molar-refractivity contribution in [2.24, 2.45) is 0 Å². The fraction of sp³-hybridized carbons (Fsp3) is 0.400. The minimum atomic E-state index is -5.01. The maximum atomic E-state index is 12.5. The topological polar surface area (TPSA) is 57.2 Å². The van der Waals surface area contributed by atoms with Crippen LogP contribution in [0, 0.1) is 0 Å². The maximum absolute atomic E-state index is 12.5. The lowest BCUT2D eigenvalue weighted by Gasteiger charge is -2.14. The molecule has 0 amide bonds. The quantitative estimate of drug-likeness (QED) is 0.635. The van der Waals surface area contributed by atoms with E-state index in [1.807, 2.05) is 0 Å².